The first-order chi connectivity index (χ1) is 11.5. The molecule has 5 nitrogen and oxygen atoms in total. The Morgan fingerprint density at radius 1 is 1.17 bits per heavy atom. The lowest BCUT2D eigenvalue weighted by Gasteiger charge is -2.14. The van der Waals surface area contributed by atoms with Gasteiger partial charge in [0.15, 0.2) is 12.7 Å². The third-order valence-corrected chi connectivity index (χ3v) is 3.31. The summed E-state index contributed by atoms with van der Waals surface area (Å²) in [5.74, 6) is -1.32. The van der Waals surface area contributed by atoms with Gasteiger partial charge in [0.1, 0.15) is 11.6 Å². The van der Waals surface area contributed by atoms with E-state index in [-0.39, 0.29) is 0 Å². The van der Waals surface area contributed by atoms with Gasteiger partial charge in [-0.1, -0.05) is 23.7 Å². The molecule has 0 heterocycles. The first kappa shape index (κ1) is 17.7. The molecule has 0 radical (unpaired) electrons. The Kier molecular flexibility index (Phi) is 6.14. The summed E-state index contributed by atoms with van der Waals surface area (Å²) in [6.45, 7) is 1.04. The number of halogens is 2. The van der Waals surface area contributed by atoms with Crippen LogP contribution in [-0.2, 0) is 14.3 Å². The number of carbonyl (C=O) groups is 2. The van der Waals surface area contributed by atoms with Crippen molar-refractivity contribution in [2.75, 3.05) is 11.9 Å². The van der Waals surface area contributed by atoms with E-state index in [1.165, 1.54) is 31.2 Å². The summed E-state index contributed by atoms with van der Waals surface area (Å²) in [5, 5.41) is 2.94. The SMILES string of the molecule is C[C@@H](OC(=O)COc1ccc(F)cc1)C(=O)Nc1ccccc1Cl. The molecule has 0 aliphatic carbocycles. The highest BCUT2D eigenvalue weighted by atomic mass is 35.5. The summed E-state index contributed by atoms with van der Waals surface area (Å²) in [6.07, 6.45) is -1.02. The summed E-state index contributed by atoms with van der Waals surface area (Å²) in [4.78, 5) is 23.7. The molecule has 2 aromatic carbocycles. The fraction of sp³-hybridized carbons (Fsp3) is 0.176. The molecule has 1 atom stereocenters. The number of para-hydroxylation sites is 1. The predicted molar refractivity (Wildman–Crippen MR) is 87.5 cm³/mol. The third-order valence-electron chi connectivity index (χ3n) is 2.98. The Hall–Kier alpha value is -2.60. The highest BCUT2D eigenvalue weighted by Crippen LogP contribution is 2.20. The minimum absolute atomic E-state index is 0.321. The van der Waals surface area contributed by atoms with Gasteiger partial charge in [-0.05, 0) is 43.3 Å². The summed E-state index contributed by atoms with van der Waals surface area (Å²) >= 11 is 5.94. The first-order valence-electron chi connectivity index (χ1n) is 7.09. The second-order valence-electron chi connectivity index (χ2n) is 4.84. The highest BCUT2D eigenvalue weighted by molar-refractivity contribution is 6.33. The molecular formula is C17H15ClFNO4. The van der Waals surface area contributed by atoms with Crippen molar-refractivity contribution in [3.05, 3.63) is 59.4 Å². The van der Waals surface area contributed by atoms with Crippen molar-refractivity contribution in [1.82, 2.24) is 0 Å². The number of carbonyl (C=O) groups excluding carboxylic acids is 2. The number of nitrogens with one attached hydrogen (secondary N) is 1. The zero-order chi connectivity index (χ0) is 17.5. The van der Waals surface area contributed by atoms with E-state index >= 15 is 0 Å². The van der Waals surface area contributed by atoms with Gasteiger partial charge in [0, 0.05) is 0 Å². The number of anilines is 1. The fourth-order valence-corrected chi connectivity index (χ4v) is 1.94. The fourth-order valence-electron chi connectivity index (χ4n) is 1.75. The number of esters is 1. The molecule has 0 aliphatic heterocycles. The van der Waals surface area contributed by atoms with Crippen LogP contribution in [0.4, 0.5) is 10.1 Å². The van der Waals surface area contributed by atoms with Crippen molar-refractivity contribution in [2.45, 2.75) is 13.0 Å². The topological polar surface area (TPSA) is 64.6 Å². The first-order valence-corrected chi connectivity index (χ1v) is 7.47. The molecule has 0 aliphatic rings. The molecule has 2 aromatic rings. The molecule has 0 saturated carbocycles. The van der Waals surface area contributed by atoms with Crippen molar-refractivity contribution in [2.24, 2.45) is 0 Å². The summed E-state index contributed by atoms with van der Waals surface area (Å²) in [5.41, 5.74) is 0.426. The van der Waals surface area contributed by atoms with Crippen LogP contribution in [-0.4, -0.2) is 24.6 Å². The standard InChI is InChI=1S/C17H15ClFNO4/c1-11(17(22)20-15-5-3-2-4-14(15)18)24-16(21)10-23-13-8-6-12(19)7-9-13/h2-9,11H,10H2,1H3,(H,20,22)/t11-/m1/s1. The Balaban J connectivity index is 1.81. The van der Waals surface area contributed by atoms with Crippen LogP contribution >= 0.6 is 11.6 Å². The van der Waals surface area contributed by atoms with Crippen LogP contribution in [0.2, 0.25) is 5.02 Å². The Morgan fingerprint density at radius 3 is 2.50 bits per heavy atom. The van der Waals surface area contributed by atoms with Gasteiger partial charge in [0.2, 0.25) is 0 Å². The average Bonchev–Trinajstić information content (AvgIpc) is 2.56. The normalized spacial score (nSPS) is 11.5. The molecule has 0 fully saturated rings. The van der Waals surface area contributed by atoms with Crippen LogP contribution in [0.5, 0.6) is 5.75 Å². The number of ether oxygens (including phenoxy) is 2. The average molecular weight is 352 g/mol. The molecule has 1 N–H and O–H groups in total. The second kappa shape index (κ2) is 8.31. The van der Waals surface area contributed by atoms with E-state index < -0.39 is 30.4 Å². The molecular weight excluding hydrogens is 337 g/mol. The molecule has 0 unspecified atom stereocenters. The van der Waals surface area contributed by atoms with Crippen molar-refractivity contribution >= 4 is 29.2 Å². The van der Waals surface area contributed by atoms with E-state index in [0.29, 0.717) is 16.5 Å². The number of amides is 1. The largest absolute Gasteiger partial charge is 0.482 e. The molecule has 24 heavy (non-hydrogen) atoms. The van der Waals surface area contributed by atoms with Gasteiger partial charge in [-0.3, -0.25) is 4.79 Å². The van der Waals surface area contributed by atoms with Gasteiger partial charge in [0.05, 0.1) is 10.7 Å². The van der Waals surface area contributed by atoms with E-state index in [1.54, 1.807) is 24.3 Å². The van der Waals surface area contributed by atoms with Gasteiger partial charge in [0.25, 0.3) is 5.91 Å². The van der Waals surface area contributed by atoms with Crippen molar-refractivity contribution < 1.29 is 23.5 Å². The molecule has 0 bridgehead atoms. The Morgan fingerprint density at radius 2 is 1.83 bits per heavy atom. The van der Waals surface area contributed by atoms with Crippen molar-refractivity contribution in [3.8, 4) is 5.75 Å². The van der Waals surface area contributed by atoms with Gasteiger partial charge < -0.3 is 14.8 Å². The molecule has 126 valence electrons. The van der Waals surface area contributed by atoms with Gasteiger partial charge >= 0.3 is 5.97 Å². The molecule has 0 spiro atoms. The molecule has 0 saturated heterocycles. The Bertz CT molecular complexity index is 721. The van der Waals surface area contributed by atoms with E-state index in [0.717, 1.165) is 0 Å². The summed E-state index contributed by atoms with van der Waals surface area (Å²) < 4.78 is 22.9. The monoisotopic (exact) mass is 351 g/mol. The Labute approximate surface area is 143 Å². The molecule has 0 aromatic heterocycles. The maximum Gasteiger partial charge on any atom is 0.344 e. The van der Waals surface area contributed by atoms with E-state index in [4.69, 9.17) is 21.1 Å². The maximum atomic E-state index is 12.8. The van der Waals surface area contributed by atoms with Crippen LogP contribution in [0.1, 0.15) is 6.92 Å². The second-order valence-corrected chi connectivity index (χ2v) is 5.25. The van der Waals surface area contributed by atoms with E-state index in [9.17, 15) is 14.0 Å². The van der Waals surface area contributed by atoms with E-state index in [1.807, 2.05) is 0 Å². The lowest BCUT2D eigenvalue weighted by molar-refractivity contribution is -0.155. The number of hydrogen-bond acceptors (Lipinski definition) is 4. The highest BCUT2D eigenvalue weighted by Gasteiger charge is 2.19. The molecule has 2 rings (SSSR count). The summed E-state index contributed by atoms with van der Waals surface area (Å²) in [7, 11) is 0. The zero-order valence-electron chi connectivity index (χ0n) is 12.8. The quantitative estimate of drug-likeness (QED) is 0.810. The minimum atomic E-state index is -1.02. The van der Waals surface area contributed by atoms with Gasteiger partial charge in [-0.25, -0.2) is 9.18 Å². The van der Waals surface area contributed by atoms with Crippen molar-refractivity contribution in [1.29, 1.82) is 0 Å². The van der Waals surface area contributed by atoms with Crippen LogP contribution < -0.4 is 10.1 Å². The molecule has 1 amide bonds. The smallest absolute Gasteiger partial charge is 0.344 e. The number of hydrogen-bond donors (Lipinski definition) is 1. The zero-order valence-corrected chi connectivity index (χ0v) is 13.5. The van der Waals surface area contributed by atoms with E-state index in [2.05, 4.69) is 5.32 Å². The maximum absolute atomic E-state index is 12.8. The number of rotatable bonds is 6. The van der Waals surface area contributed by atoms with Crippen LogP contribution in [0, 0.1) is 5.82 Å². The van der Waals surface area contributed by atoms with Crippen LogP contribution in [0.3, 0.4) is 0 Å². The predicted octanol–water partition coefficient (Wildman–Crippen LogP) is 3.43. The van der Waals surface area contributed by atoms with Crippen LogP contribution in [0.15, 0.2) is 48.5 Å². The number of benzene rings is 2. The van der Waals surface area contributed by atoms with Gasteiger partial charge in [-0.2, -0.15) is 0 Å². The van der Waals surface area contributed by atoms with Crippen molar-refractivity contribution in [3.63, 3.8) is 0 Å². The minimum Gasteiger partial charge on any atom is -0.482 e. The summed E-state index contributed by atoms with van der Waals surface area (Å²) in [6, 6.07) is 11.9. The van der Waals surface area contributed by atoms with Gasteiger partial charge in [-0.15, -0.1) is 0 Å². The lowest BCUT2D eigenvalue weighted by Crippen LogP contribution is -2.31. The lowest BCUT2D eigenvalue weighted by atomic mass is 10.3. The molecule has 7 heteroatoms. The van der Waals surface area contributed by atoms with Crippen LogP contribution in [0.25, 0.3) is 0 Å². The third kappa shape index (κ3) is 5.24.